The molecule has 0 aliphatic heterocycles. The van der Waals surface area contributed by atoms with Crippen LogP contribution >= 0.6 is 39.1 Å². The molecule has 0 amide bonds. The standard InChI is InChI=1S/C16H16BrCl2NO/c1-10(20-2)13-5-4-12(17)8-16(13)21-9-11-3-6-14(18)15(19)7-11/h3-8,10,20H,9H2,1-2H3. The third-order valence-electron chi connectivity index (χ3n) is 3.25. The minimum absolute atomic E-state index is 0.210. The van der Waals surface area contributed by atoms with Crippen LogP contribution in [0, 0.1) is 0 Å². The first kappa shape index (κ1) is 16.6. The van der Waals surface area contributed by atoms with Crippen molar-refractivity contribution in [1.82, 2.24) is 5.32 Å². The second-order valence-electron chi connectivity index (χ2n) is 4.73. The van der Waals surface area contributed by atoms with Crippen LogP contribution in [0.25, 0.3) is 0 Å². The van der Waals surface area contributed by atoms with Gasteiger partial charge >= 0.3 is 0 Å². The van der Waals surface area contributed by atoms with Gasteiger partial charge in [0.25, 0.3) is 0 Å². The van der Waals surface area contributed by atoms with E-state index in [4.69, 9.17) is 27.9 Å². The third kappa shape index (κ3) is 4.36. The lowest BCUT2D eigenvalue weighted by Crippen LogP contribution is -2.13. The van der Waals surface area contributed by atoms with Gasteiger partial charge < -0.3 is 10.1 Å². The maximum atomic E-state index is 6.02. The van der Waals surface area contributed by atoms with Gasteiger partial charge in [0.15, 0.2) is 0 Å². The Balaban J connectivity index is 2.18. The lowest BCUT2D eigenvalue weighted by molar-refractivity contribution is 0.300. The van der Waals surface area contributed by atoms with Crippen molar-refractivity contribution in [3.8, 4) is 5.75 Å². The smallest absolute Gasteiger partial charge is 0.125 e. The summed E-state index contributed by atoms with van der Waals surface area (Å²) in [5.41, 5.74) is 2.09. The van der Waals surface area contributed by atoms with Crippen LogP contribution in [-0.4, -0.2) is 7.05 Å². The zero-order valence-electron chi connectivity index (χ0n) is 11.8. The van der Waals surface area contributed by atoms with Crippen molar-refractivity contribution < 1.29 is 4.74 Å². The average Bonchev–Trinajstić information content (AvgIpc) is 2.48. The number of hydrogen-bond donors (Lipinski definition) is 1. The molecule has 0 heterocycles. The molecule has 2 nitrogen and oxygen atoms in total. The SMILES string of the molecule is CNC(C)c1ccc(Br)cc1OCc1ccc(Cl)c(Cl)c1. The first-order chi connectivity index (χ1) is 10.0. The van der Waals surface area contributed by atoms with Gasteiger partial charge in [-0.2, -0.15) is 0 Å². The number of halogens is 3. The van der Waals surface area contributed by atoms with Crippen molar-refractivity contribution in [3.05, 3.63) is 62.0 Å². The predicted molar refractivity (Wildman–Crippen MR) is 92.4 cm³/mol. The molecule has 1 atom stereocenters. The second-order valence-corrected chi connectivity index (χ2v) is 6.46. The quantitative estimate of drug-likeness (QED) is 0.718. The van der Waals surface area contributed by atoms with Crippen LogP contribution in [0.2, 0.25) is 10.0 Å². The molecule has 2 aromatic rings. The van der Waals surface area contributed by atoms with Crippen molar-refractivity contribution in [2.24, 2.45) is 0 Å². The molecule has 0 aliphatic rings. The minimum atomic E-state index is 0.210. The average molecular weight is 389 g/mol. The highest BCUT2D eigenvalue weighted by atomic mass is 79.9. The van der Waals surface area contributed by atoms with Crippen LogP contribution in [0.5, 0.6) is 5.75 Å². The Labute approximate surface area is 143 Å². The Kier molecular flexibility index (Phi) is 5.94. The van der Waals surface area contributed by atoms with Crippen LogP contribution in [0.4, 0.5) is 0 Å². The summed E-state index contributed by atoms with van der Waals surface area (Å²) >= 11 is 15.4. The predicted octanol–water partition coefficient (Wildman–Crippen LogP) is 5.62. The molecule has 0 spiro atoms. The molecule has 0 fully saturated rings. The molecular weight excluding hydrogens is 373 g/mol. The summed E-state index contributed by atoms with van der Waals surface area (Å²) in [6, 6.07) is 11.8. The summed E-state index contributed by atoms with van der Waals surface area (Å²) in [5.74, 6) is 0.845. The van der Waals surface area contributed by atoms with Crippen LogP contribution < -0.4 is 10.1 Å². The fourth-order valence-corrected chi connectivity index (χ4v) is 2.60. The lowest BCUT2D eigenvalue weighted by Gasteiger charge is -2.17. The maximum absolute atomic E-state index is 6.02. The lowest BCUT2D eigenvalue weighted by atomic mass is 10.1. The van der Waals surface area contributed by atoms with Gasteiger partial charge in [-0.05, 0) is 43.8 Å². The van der Waals surface area contributed by atoms with Crippen molar-refractivity contribution >= 4 is 39.1 Å². The van der Waals surface area contributed by atoms with Gasteiger partial charge in [-0.25, -0.2) is 0 Å². The summed E-state index contributed by atoms with van der Waals surface area (Å²) in [7, 11) is 1.93. The molecule has 21 heavy (non-hydrogen) atoms. The molecule has 2 aromatic carbocycles. The number of benzene rings is 2. The van der Waals surface area contributed by atoms with Crippen molar-refractivity contribution in [3.63, 3.8) is 0 Å². The summed E-state index contributed by atoms with van der Waals surface area (Å²) in [6.07, 6.45) is 0. The third-order valence-corrected chi connectivity index (χ3v) is 4.49. The zero-order chi connectivity index (χ0) is 15.4. The highest BCUT2D eigenvalue weighted by molar-refractivity contribution is 9.10. The van der Waals surface area contributed by atoms with Crippen molar-refractivity contribution in [2.45, 2.75) is 19.6 Å². The van der Waals surface area contributed by atoms with Gasteiger partial charge in [0, 0.05) is 16.1 Å². The molecular formula is C16H16BrCl2NO. The fourth-order valence-electron chi connectivity index (χ4n) is 1.94. The van der Waals surface area contributed by atoms with E-state index in [2.05, 4.69) is 34.2 Å². The molecule has 2 rings (SSSR count). The van der Waals surface area contributed by atoms with Gasteiger partial charge in [-0.3, -0.25) is 0 Å². The zero-order valence-corrected chi connectivity index (χ0v) is 14.9. The minimum Gasteiger partial charge on any atom is -0.489 e. The van der Waals surface area contributed by atoms with Crippen LogP contribution in [-0.2, 0) is 6.61 Å². The molecule has 0 radical (unpaired) electrons. The second kappa shape index (κ2) is 7.50. The largest absolute Gasteiger partial charge is 0.489 e. The van der Waals surface area contributed by atoms with E-state index in [1.54, 1.807) is 6.07 Å². The number of ether oxygens (including phenoxy) is 1. The monoisotopic (exact) mass is 387 g/mol. The Morgan fingerprint density at radius 3 is 2.57 bits per heavy atom. The normalized spacial score (nSPS) is 12.2. The van der Waals surface area contributed by atoms with E-state index in [1.165, 1.54) is 0 Å². The first-order valence-electron chi connectivity index (χ1n) is 6.54. The molecule has 0 saturated carbocycles. The van der Waals surface area contributed by atoms with Crippen LogP contribution in [0.15, 0.2) is 40.9 Å². The van der Waals surface area contributed by atoms with Gasteiger partial charge in [-0.15, -0.1) is 0 Å². The molecule has 1 unspecified atom stereocenters. The van der Waals surface area contributed by atoms with Gasteiger partial charge in [0.1, 0.15) is 12.4 Å². The molecule has 0 saturated heterocycles. The van der Waals surface area contributed by atoms with Crippen LogP contribution in [0.3, 0.4) is 0 Å². The van der Waals surface area contributed by atoms with E-state index in [9.17, 15) is 0 Å². The molecule has 0 aromatic heterocycles. The maximum Gasteiger partial charge on any atom is 0.125 e. The highest BCUT2D eigenvalue weighted by Gasteiger charge is 2.11. The van der Waals surface area contributed by atoms with E-state index in [1.807, 2.05) is 31.3 Å². The molecule has 112 valence electrons. The van der Waals surface area contributed by atoms with Crippen molar-refractivity contribution in [2.75, 3.05) is 7.05 Å². The van der Waals surface area contributed by atoms with Gasteiger partial charge in [0.2, 0.25) is 0 Å². The Morgan fingerprint density at radius 2 is 1.90 bits per heavy atom. The Morgan fingerprint density at radius 1 is 1.14 bits per heavy atom. The molecule has 0 aliphatic carbocycles. The Hall–Kier alpha value is -0.740. The van der Waals surface area contributed by atoms with E-state index in [-0.39, 0.29) is 6.04 Å². The summed E-state index contributed by atoms with van der Waals surface area (Å²) in [6.45, 7) is 2.53. The highest BCUT2D eigenvalue weighted by Crippen LogP contribution is 2.30. The first-order valence-corrected chi connectivity index (χ1v) is 8.09. The van der Waals surface area contributed by atoms with E-state index >= 15 is 0 Å². The van der Waals surface area contributed by atoms with E-state index < -0.39 is 0 Å². The molecule has 1 N–H and O–H groups in total. The van der Waals surface area contributed by atoms with E-state index in [0.29, 0.717) is 16.7 Å². The summed E-state index contributed by atoms with van der Waals surface area (Å²) in [4.78, 5) is 0. The van der Waals surface area contributed by atoms with Crippen molar-refractivity contribution in [1.29, 1.82) is 0 Å². The van der Waals surface area contributed by atoms with E-state index in [0.717, 1.165) is 21.3 Å². The van der Waals surface area contributed by atoms with Gasteiger partial charge in [-0.1, -0.05) is 51.3 Å². The summed E-state index contributed by atoms with van der Waals surface area (Å²) < 4.78 is 6.94. The number of hydrogen-bond acceptors (Lipinski definition) is 2. The Bertz CT molecular complexity index is 634. The molecule has 5 heteroatoms. The van der Waals surface area contributed by atoms with Gasteiger partial charge in [0.05, 0.1) is 10.0 Å². The summed E-state index contributed by atoms with van der Waals surface area (Å²) in [5, 5.41) is 4.31. The molecule has 0 bridgehead atoms. The topological polar surface area (TPSA) is 21.3 Å². The van der Waals surface area contributed by atoms with Crippen LogP contribution in [0.1, 0.15) is 24.1 Å². The number of nitrogens with one attached hydrogen (secondary N) is 1. The number of rotatable bonds is 5. The fraction of sp³-hybridized carbons (Fsp3) is 0.250.